The van der Waals surface area contributed by atoms with Crippen LogP contribution in [0.1, 0.15) is 29.8 Å². The van der Waals surface area contributed by atoms with Gasteiger partial charge in [-0.15, -0.1) is 0 Å². The van der Waals surface area contributed by atoms with E-state index in [2.05, 4.69) is 25.5 Å². The molecule has 0 atom stereocenters. The number of hydrogen-bond donors (Lipinski definition) is 3. The number of benzene rings is 1. The van der Waals surface area contributed by atoms with Crippen molar-refractivity contribution in [2.75, 3.05) is 36.5 Å². The zero-order chi connectivity index (χ0) is 25.9. The Bertz CT molecular complexity index is 1410. The molecule has 2 aliphatic rings. The van der Waals surface area contributed by atoms with E-state index in [1.165, 1.54) is 12.1 Å². The maximum Gasteiger partial charge on any atom is 0.254 e. The molecule has 3 N–H and O–H groups in total. The number of aromatic nitrogens is 3. The monoisotopic (exact) mass is 504 g/mol. The lowest BCUT2D eigenvalue weighted by molar-refractivity contribution is 0.0966. The van der Waals surface area contributed by atoms with Gasteiger partial charge in [-0.05, 0) is 43.7 Å². The molecule has 192 valence electrons. The number of rotatable bonds is 4. The van der Waals surface area contributed by atoms with Crippen molar-refractivity contribution in [1.29, 1.82) is 0 Å². The Labute approximate surface area is 213 Å². The molecule has 10 heteroatoms. The second-order valence-electron chi connectivity index (χ2n) is 9.13. The number of aliphatic hydroxyl groups is 1. The molecule has 1 saturated heterocycles. The average molecular weight is 505 g/mol. The topological polar surface area (TPSA) is 104 Å². The van der Waals surface area contributed by atoms with Gasteiger partial charge in [0.2, 0.25) is 0 Å². The highest BCUT2D eigenvalue weighted by Gasteiger charge is 2.27. The number of anilines is 3. The fraction of sp³-hybridized carbons (Fsp3) is 0.296. The zero-order valence-electron chi connectivity index (χ0n) is 20.7. The molecule has 0 unspecified atom stereocenters. The molecule has 6 rings (SSSR count). The summed E-state index contributed by atoms with van der Waals surface area (Å²) in [6, 6.07) is 10.5. The molecule has 1 amide bonds. The van der Waals surface area contributed by atoms with Gasteiger partial charge in [-0.25, -0.2) is 14.4 Å². The first-order valence-electron chi connectivity index (χ1n) is 12.2. The van der Waals surface area contributed by atoms with Gasteiger partial charge < -0.3 is 25.4 Å². The summed E-state index contributed by atoms with van der Waals surface area (Å²) in [7, 11) is 0. The van der Waals surface area contributed by atoms with Crippen LogP contribution in [0.5, 0.6) is 0 Å². The minimum absolute atomic E-state index is 0.140. The maximum atomic E-state index is 13.6. The highest BCUT2D eigenvalue weighted by Crippen LogP contribution is 2.35. The summed E-state index contributed by atoms with van der Waals surface area (Å²) in [6.45, 7) is 6.99. The first kappa shape index (κ1) is 24.7. The van der Waals surface area contributed by atoms with Crippen LogP contribution < -0.4 is 15.5 Å². The third-order valence-corrected chi connectivity index (χ3v) is 6.10. The van der Waals surface area contributed by atoms with E-state index >= 15 is 0 Å². The minimum Gasteiger partial charge on any atom is -0.394 e. The predicted molar refractivity (Wildman–Crippen MR) is 140 cm³/mol. The lowest BCUT2D eigenvalue weighted by atomic mass is 9.99. The van der Waals surface area contributed by atoms with Gasteiger partial charge in [0.25, 0.3) is 5.91 Å². The summed E-state index contributed by atoms with van der Waals surface area (Å²) in [4.78, 5) is 23.8. The Kier molecular flexibility index (Phi) is 7.02. The first-order valence-corrected chi connectivity index (χ1v) is 12.2. The van der Waals surface area contributed by atoms with E-state index < -0.39 is 0 Å². The van der Waals surface area contributed by atoms with Crippen molar-refractivity contribution < 1.29 is 19.0 Å². The quantitative estimate of drug-likeness (QED) is 0.389. The summed E-state index contributed by atoms with van der Waals surface area (Å²) >= 11 is 0. The SMILES string of the molecule is CC(C)O.O=C1NCc2c(-c3cnc4cc(F)ccn34)ccc(Nc3ccc(N4CCOCC4)cn3)c21. The highest BCUT2D eigenvalue weighted by atomic mass is 19.1. The predicted octanol–water partition coefficient (Wildman–Crippen LogP) is 3.75. The molecular formula is C27H29FN6O3. The standard InChI is InChI=1S/C24H21FN6O2.C3H8O/c25-15-5-6-31-20(14-27-22(31)11-15)17-2-3-19(23-18(17)13-28-24(23)32)29-21-4-1-16(12-26-21)30-7-9-33-10-8-30;1-3(2)4/h1-6,11-12,14H,7-10,13H2,(H,26,29)(H,28,32);3-4H,1-2H3. The van der Waals surface area contributed by atoms with Crippen LogP contribution >= 0.6 is 0 Å². The van der Waals surface area contributed by atoms with Crippen molar-refractivity contribution in [3.8, 4) is 11.3 Å². The molecule has 0 bridgehead atoms. The number of carbonyl (C=O) groups excluding carboxylic acids is 1. The molecule has 0 spiro atoms. The summed E-state index contributed by atoms with van der Waals surface area (Å²) in [5.41, 5.74) is 5.40. The Morgan fingerprint density at radius 1 is 1.11 bits per heavy atom. The number of pyridine rings is 2. The fourth-order valence-electron chi connectivity index (χ4n) is 4.45. The number of ether oxygens (including phenoxy) is 1. The van der Waals surface area contributed by atoms with E-state index in [4.69, 9.17) is 9.84 Å². The molecule has 5 heterocycles. The number of nitrogens with one attached hydrogen (secondary N) is 2. The van der Waals surface area contributed by atoms with Gasteiger partial charge in [-0.1, -0.05) is 6.07 Å². The van der Waals surface area contributed by atoms with Crippen LogP contribution in [-0.2, 0) is 11.3 Å². The number of amides is 1. The lowest BCUT2D eigenvalue weighted by Gasteiger charge is -2.28. The largest absolute Gasteiger partial charge is 0.394 e. The highest BCUT2D eigenvalue weighted by molar-refractivity contribution is 6.06. The molecular weight excluding hydrogens is 475 g/mol. The molecule has 1 aromatic carbocycles. The van der Waals surface area contributed by atoms with Crippen molar-refractivity contribution in [2.24, 2.45) is 0 Å². The van der Waals surface area contributed by atoms with Crippen LogP contribution in [-0.4, -0.2) is 57.8 Å². The van der Waals surface area contributed by atoms with Gasteiger partial charge in [-0.3, -0.25) is 9.20 Å². The van der Waals surface area contributed by atoms with E-state index in [0.29, 0.717) is 29.3 Å². The molecule has 3 aromatic heterocycles. The van der Waals surface area contributed by atoms with E-state index in [1.54, 1.807) is 26.2 Å². The molecule has 1 fully saturated rings. The van der Waals surface area contributed by atoms with Gasteiger partial charge in [0, 0.05) is 43.6 Å². The number of fused-ring (bicyclic) bond motifs is 2. The molecule has 37 heavy (non-hydrogen) atoms. The second-order valence-corrected chi connectivity index (χ2v) is 9.13. The van der Waals surface area contributed by atoms with Crippen molar-refractivity contribution in [2.45, 2.75) is 26.5 Å². The number of halogens is 1. The molecule has 2 aliphatic heterocycles. The third kappa shape index (κ3) is 5.25. The zero-order valence-corrected chi connectivity index (χ0v) is 20.7. The number of aliphatic hydroxyl groups excluding tert-OH is 1. The Balaban J connectivity index is 0.000000655. The van der Waals surface area contributed by atoms with Gasteiger partial charge in [0.05, 0.1) is 48.2 Å². The summed E-state index contributed by atoms with van der Waals surface area (Å²) in [5, 5.41) is 14.3. The first-order chi connectivity index (χ1) is 17.9. The molecule has 0 saturated carbocycles. The maximum absolute atomic E-state index is 13.6. The third-order valence-electron chi connectivity index (χ3n) is 6.10. The second kappa shape index (κ2) is 10.5. The number of carbonyl (C=O) groups is 1. The number of hydrogen-bond acceptors (Lipinski definition) is 7. The van der Waals surface area contributed by atoms with Gasteiger partial charge in [0.15, 0.2) is 0 Å². The lowest BCUT2D eigenvalue weighted by Crippen LogP contribution is -2.36. The Hall–Kier alpha value is -4.02. The van der Waals surface area contributed by atoms with Crippen molar-refractivity contribution >= 4 is 28.7 Å². The van der Waals surface area contributed by atoms with Crippen LogP contribution in [0.25, 0.3) is 16.9 Å². The van der Waals surface area contributed by atoms with Crippen LogP contribution in [0.2, 0.25) is 0 Å². The Morgan fingerprint density at radius 3 is 2.62 bits per heavy atom. The van der Waals surface area contributed by atoms with E-state index in [9.17, 15) is 9.18 Å². The van der Waals surface area contributed by atoms with E-state index in [-0.39, 0.29) is 17.8 Å². The Morgan fingerprint density at radius 2 is 1.89 bits per heavy atom. The van der Waals surface area contributed by atoms with E-state index in [1.807, 2.05) is 34.9 Å². The summed E-state index contributed by atoms with van der Waals surface area (Å²) in [5.74, 6) is 0.180. The minimum atomic E-state index is -0.339. The van der Waals surface area contributed by atoms with Crippen LogP contribution in [0.4, 0.5) is 21.6 Å². The van der Waals surface area contributed by atoms with Crippen molar-refractivity contribution in [3.05, 3.63) is 71.9 Å². The number of morpholine rings is 1. The van der Waals surface area contributed by atoms with Gasteiger partial charge >= 0.3 is 0 Å². The molecule has 4 aromatic rings. The fourth-order valence-corrected chi connectivity index (χ4v) is 4.45. The normalized spacial score (nSPS) is 14.8. The van der Waals surface area contributed by atoms with Gasteiger partial charge in [-0.2, -0.15) is 0 Å². The smallest absolute Gasteiger partial charge is 0.254 e. The van der Waals surface area contributed by atoms with Gasteiger partial charge in [0.1, 0.15) is 17.3 Å². The van der Waals surface area contributed by atoms with E-state index in [0.717, 1.165) is 48.8 Å². The summed E-state index contributed by atoms with van der Waals surface area (Å²) in [6.07, 6.45) is 5.02. The van der Waals surface area contributed by atoms with Crippen LogP contribution in [0.15, 0.2) is 55.0 Å². The average Bonchev–Trinajstić information content (AvgIpc) is 3.49. The summed E-state index contributed by atoms with van der Waals surface area (Å²) < 4.78 is 20.8. The number of imidazole rings is 1. The van der Waals surface area contributed by atoms with Crippen LogP contribution in [0, 0.1) is 5.82 Å². The van der Waals surface area contributed by atoms with Crippen molar-refractivity contribution in [3.63, 3.8) is 0 Å². The molecule has 0 radical (unpaired) electrons. The van der Waals surface area contributed by atoms with Crippen molar-refractivity contribution in [1.82, 2.24) is 19.7 Å². The van der Waals surface area contributed by atoms with Crippen LogP contribution in [0.3, 0.4) is 0 Å². The number of nitrogens with zero attached hydrogens (tertiary/aromatic N) is 4. The molecule has 0 aliphatic carbocycles. The molecule has 9 nitrogen and oxygen atoms in total.